The van der Waals surface area contributed by atoms with Gasteiger partial charge in [-0.05, 0) is 50.2 Å². The summed E-state index contributed by atoms with van der Waals surface area (Å²) in [6.07, 6.45) is 7.66. The van der Waals surface area contributed by atoms with Gasteiger partial charge in [0, 0.05) is 55.7 Å². The standard InChI is InChI=1S/C24H33N7O2/c1-15(2)20-21(17-12-16(3)23-25-14-26-31(23)13-17)28-29-22(20)24(32)27-18-4-8-30(9-5-18)19-6-10-33-11-7-19/h12-15,18-19H,4-11H2,1-3H3,(H,27,32)(H,28,29). The number of ether oxygens (including phenoxy) is 1. The molecule has 0 aliphatic carbocycles. The Morgan fingerprint density at radius 1 is 1.21 bits per heavy atom. The number of aryl methyl sites for hydroxylation is 1. The quantitative estimate of drug-likeness (QED) is 0.619. The van der Waals surface area contributed by atoms with Crippen LogP contribution in [0.15, 0.2) is 18.6 Å². The van der Waals surface area contributed by atoms with Gasteiger partial charge in [0.1, 0.15) is 6.33 Å². The van der Waals surface area contributed by atoms with Gasteiger partial charge in [-0.3, -0.25) is 9.89 Å². The number of carbonyl (C=O) groups is 1. The third-order valence-electron chi connectivity index (χ3n) is 7.02. The lowest BCUT2D eigenvalue weighted by atomic mass is 9.95. The van der Waals surface area contributed by atoms with Crippen LogP contribution in [-0.2, 0) is 4.74 Å². The molecule has 0 spiro atoms. The van der Waals surface area contributed by atoms with Crippen molar-refractivity contribution in [3.8, 4) is 11.3 Å². The molecule has 33 heavy (non-hydrogen) atoms. The molecule has 0 bridgehead atoms. The molecular formula is C24H33N7O2. The minimum Gasteiger partial charge on any atom is -0.381 e. The van der Waals surface area contributed by atoms with Crippen molar-refractivity contribution in [2.45, 2.75) is 64.5 Å². The molecule has 9 nitrogen and oxygen atoms in total. The van der Waals surface area contributed by atoms with Crippen LogP contribution < -0.4 is 5.32 Å². The first-order chi connectivity index (χ1) is 16.0. The molecule has 0 aromatic carbocycles. The molecule has 0 saturated carbocycles. The highest BCUT2D eigenvalue weighted by Crippen LogP contribution is 2.31. The lowest BCUT2D eigenvalue weighted by Crippen LogP contribution is -2.49. The lowest BCUT2D eigenvalue weighted by molar-refractivity contribution is 0.0238. The van der Waals surface area contributed by atoms with Gasteiger partial charge < -0.3 is 15.0 Å². The van der Waals surface area contributed by atoms with Crippen LogP contribution in [0.3, 0.4) is 0 Å². The average Bonchev–Trinajstić information content (AvgIpc) is 3.48. The summed E-state index contributed by atoms with van der Waals surface area (Å²) in [4.78, 5) is 20.1. The molecule has 1 amide bonds. The third kappa shape index (κ3) is 4.39. The summed E-state index contributed by atoms with van der Waals surface area (Å²) in [7, 11) is 0. The van der Waals surface area contributed by atoms with Crippen LogP contribution in [0.25, 0.3) is 16.9 Å². The highest BCUT2D eigenvalue weighted by atomic mass is 16.5. The Morgan fingerprint density at radius 3 is 2.70 bits per heavy atom. The summed E-state index contributed by atoms with van der Waals surface area (Å²) in [6.45, 7) is 9.98. The minimum absolute atomic E-state index is 0.0933. The van der Waals surface area contributed by atoms with Crippen molar-refractivity contribution in [2.24, 2.45) is 0 Å². The fourth-order valence-corrected chi connectivity index (χ4v) is 5.25. The zero-order valence-corrected chi connectivity index (χ0v) is 19.7. The van der Waals surface area contributed by atoms with E-state index in [4.69, 9.17) is 4.74 Å². The number of likely N-dealkylation sites (tertiary alicyclic amines) is 1. The SMILES string of the molecule is Cc1cc(-c2[nH]nc(C(=O)NC3CCN(C4CCOCC4)CC3)c2C(C)C)cn2ncnc12. The molecule has 0 unspecified atom stereocenters. The maximum absolute atomic E-state index is 13.3. The summed E-state index contributed by atoms with van der Waals surface area (Å²) in [5.41, 5.74) is 5.09. The summed E-state index contributed by atoms with van der Waals surface area (Å²) < 4.78 is 7.27. The van der Waals surface area contributed by atoms with Crippen molar-refractivity contribution < 1.29 is 9.53 Å². The molecule has 2 N–H and O–H groups in total. The summed E-state index contributed by atoms with van der Waals surface area (Å²) in [5.74, 6) is 0.0471. The summed E-state index contributed by atoms with van der Waals surface area (Å²) >= 11 is 0. The van der Waals surface area contributed by atoms with Crippen LogP contribution in [0.5, 0.6) is 0 Å². The largest absolute Gasteiger partial charge is 0.381 e. The molecule has 9 heteroatoms. The predicted molar refractivity (Wildman–Crippen MR) is 125 cm³/mol. The lowest BCUT2D eigenvalue weighted by Gasteiger charge is -2.39. The second-order valence-electron chi connectivity index (χ2n) is 9.58. The molecule has 0 atom stereocenters. The Bertz CT molecular complexity index is 1120. The Hall–Kier alpha value is -2.78. The van der Waals surface area contributed by atoms with Crippen LogP contribution in [0.4, 0.5) is 0 Å². The molecule has 5 rings (SSSR count). The molecule has 3 aromatic heterocycles. The molecule has 3 aromatic rings. The number of pyridine rings is 1. The number of nitrogens with one attached hydrogen (secondary N) is 2. The molecule has 176 valence electrons. The number of amides is 1. The maximum atomic E-state index is 13.3. The molecule has 2 aliphatic rings. The minimum atomic E-state index is -0.0933. The maximum Gasteiger partial charge on any atom is 0.272 e. The van der Waals surface area contributed by atoms with Gasteiger partial charge >= 0.3 is 0 Å². The Labute approximate surface area is 193 Å². The molecule has 2 saturated heterocycles. The first kappa shape index (κ1) is 22.0. The van der Waals surface area contributed by atoms with Gasteiger partial charge in [0.2, 0.25) is 0 Å². The van der Waals surface area contributed by atoms with E-state index in [1.165, 1.54) is 0 Å². The molecule has 5 heterocycles. The van der Waals surface area contributed by atoms with Crippen LogP contribution in [-0.4, -0.2) is 74.0 Å². The summed E-state index contributed by atoms with van der Waals surface area (Å²) in [5, 5.41) is 15.1. The van der Waals surface area contributed by atoms with Crippen molar-refractivity contribution in [2.75, 3.05) is 26.3 Å². The Kier molecular flexibility index (Phi) is 6.16. The van der Waals surface area contributed by atoms with Crippen LogP contribution >= 0.6 is 0 Å². The van der Waals surface area contributed by atoms with E-state index >= 15 is 0 Å². The van der Waals surface area contributed by atoms with E-state index in [0.717, 1.165) is 80.0 Å². The van der Waals surface area contributed by atoms with Crippen LogP contribution in [0.2, 0.25) is 0 Å². The van der Waals surface area contributed by atoms with Gasteiger partial charge in [-0.25, -0.2) is 9.50 Å². The van der Waals surface area contributed by atoms with Gasteiger partial charge in [-0.1, -0.05) is 13.8 Å². The van der Waals surface area contributed by atoms with Crippen molar-refractivity contribution in [1.29, 1.82) is 0 Å². The summed E-state index contributed by atoms with van der Waals surface area (Å²) in [6, 6.07) is 2.88. The number of rotatable bonds is 5. The van der Waals surface area contributed by atoms with Gasteiger partial charge in [0.25, 0.3) is 5.91 Å². The predicted octanol–water partition coefficient (Wildman–Crippen LogP) is 2.92. The van der Waals surface area contributed by atoms with Crippen LogP contribution in [0.1, 0.15) is 67.1 Å². The number of nitrogens with zero attached hydrogens (tertiary/aromatic N) is 5. The van der Waals surface area contributed by atoms with Gasteiger partial charge in [-0.15, -0.1) is 0 Å². The van der Waals surface area contributed by atoms with Gasteiger partial charge in [0.05, 0.1) is 5.69 Å². The van der Waals surface area contributed by atoms with Crippen molar-refractivity contribution in [3.63, 3.8) is 0 Å². The second-order valence-corrected chi connectivity index (χ2v) is 9.58. The van der Waals surface area contributed by atoms with E-state index in [1.807, 2.05) is 13.1 Å². The number of aromatic amines is 1. The molecular weight excluding hydrogens is 418 g/mol. The van der Waals surface area contributed by atoms with Crippen molar-refractivity contribution in [1.82, 2.24) is 35.0 Å². The highest BCUT2D eigenvalue weighted by molar-refractivity contribution is 5.96. The number of piperidine rings is 1. The highest BCUT2D eigenvalue weighted by Gasteiger charge is 2.29. The number of carbonyl (C=O) groups excluding carboxylic acids is 1. The van der Waals surface area contributed by atoms with E-state index in [9.17, 15) is 4.79 Å². The number of hydrogen-bond donors (Lipinski definition) is 2. The monoisotopic (exact) mass is 451 g/mol. The Balaban J connectivity index is 1.31. The van der Waals surface area contributed by atoms with E-state index < -0.39 is 0 Å². The fourth-order valence-electron chi connectivity index (χ4n) is 5.25. The number of fused-ring (bicyclic) bond motifs is 1. The first-order valence-electron chi connectivity index (χ1n) is 12.0. The smallest absolute Gasteiger partial charge is 0.272 e. The number of aromatic nitrogens is 5. The van der Waals surface area contributed by atoms with Gasteiger partial charge in [0.15, 0.2) is 11.3 Å². The first-order valence-corrected chi connectivity index (χ1v) is 12.0. The normalized spacial score (nSPS) is 18.9. The Morgan fingerprint density at radius 2 is 1.97 bits per heavy atom. The van der Waals surface area contributed by atoms with E-state index in [2.05, 4.69) is 50.4 Å². The zero-order valence-electron chi connectivity index (χ0n) is 19.7. The van der Waals surface area contributed by atoms with Crippen molar-refractivity contribution in [3.05, 3.63) is 35.4 Å². The number of H-pyrrole nitrogens is 1. The molecule has 0 radical (unpaired) electrons. The van der Waals surface area contributed by atoms with Crippen LogP contribution in [0, 0.1) is 6.92 Å². The molecule has 2 fully saturated rings. The van der Waals surface area contributed by atoms with E-state index in [1.54, 1.807) is 10.8 Å². The van der Waals surface area contributed by atoms with E-state index in [0.29, 0.717) is 11.7 Å². The molecule has 2 aliphatic heterocycles. The fraction of sp³-hybridized carbons (Fsp3) is 0.583. The second kappa shape index (κ2) is 9.23. The van der Waals surface area contributed by atoms with Crippen molar-refractivity contribution >= 4 is 11.6 Å². The average molecular weight is 452 g/mol. The third-order valence-corrected chi connectivity index (χ3v) is 7.02. The van der Waals surface area contributed by atoms with Gasteiger partial charge in [-0.2, -0.15) is 10.2 Å². The van der Waals surface area contributed by atoms with E-state index in [-0.39, 0.29) is 17.9 Å². The zero-order chi connectivity index (χ0) is 22.9. The number of hydrogen-bond acceptors (Lipinski definition) is 6. The topological polar surface area (TPSA) is 100 Å².